The van der Waals surface area contributed by atoms with Gasteiger partial charge in [0.2, 0.25) is 0 Å². The molecular weight excluding hydrogens is 359 g/mol. The highest BCUT2D eigenvalue weighted by Gasteiger charge is 2.13. The molecule has 0 bridgehead atoms. The van der Waals surface area contributed by atoms with E-state index in [1.54, 1.807) is 18.2 Å². The van der Waals surface area contributed by atoms with Crippen molar-refractivity contribution in [2.45, 2.75) is 26.7 Å². The number of aromatic amines is 1. The largest absolute Gasteiger partial charge is 0.497 e. The van der Waals surface area contributed by atoms with Crippen LogP contribution in [0.5, 0.6) is 11.5 Å². The number of H-pyrrole nitrogens is 1. The van der Waals surface area contributed by atoms with Gasteiger partial charge in [-0.2, -0.15) is 0 Å². The van der Waals surface area contributed by atoms with Crippen LogP contribution in [0.4, 0.5) is 4.39 Å². The summed E-state index contributed by atoms with van der Waals surface area (Å²) < 4.78 is 25.4. The van der Waals surface area contributed by atoms with E-state index in [1.807, 2.05) is 6.07 Å². The number of halogens is 1. The number of aromatic nitrogens is 1. The first-order chi connectivity index (χ1) is 13.6. The van der Waals surface area contributed by atoms with E-state index in [2.05, 4.69) is 23.7 Å². The molecule has 2 aromatic carbocycles. The lowest BCUT2D eigenvalue weighted by atomic mass is 10.1. The average Bonchev–Trinajstić information content (AvgIpc) is 2.68. The van der Waals surface area contributed by atoms with Crippen LogP contribution in [0, 0.1) is 5.82 Å². The number of methoxy groups -OCH3 is 1. The molecule has 6 heteroatoms. The average molecular weight is 386 g/mol. The van der Waals surface area contributed by atoms with Gasteiger partial charge in [0.05, 0.1) is 23.5 Å². The quantitative estimate of drug-likeness (QED) is 0.556. The van der Waals surface area contributed by atoms with Crippen LogP contribution in [0.2, 0.25) is 0 Å². The normalized spacial score (nSPS) is 11.5. The summed E-state index contributed by atoms with van der Waals surface area (Å²) in [6.07, 6.45) is 2.21. The van der Waals surface area contributed by atoms with E-state index in [9.17, 15) is 9.18 Å². The number of hydrogen-bond donors (Lipinski definition) is 1. The molecule has 0 spiro atoms. The Morgan fingerprint density at radius 1 is 1.00 bits per heavy atom. The standard InChI is InChI=1S/C22H27FN2O3/c1-4-8-25(9-5-2)10-11-28-15-6-7-19-17(12-15)22(26)21-18(23)13-16(27-3)14-20(21)24-19/h6-7,12-14H,4-5,8-11H2,1-3H3,(H,24,26). The number of pyridine rings is 1. The van der Waals surface area contributed by atoms with Crippen molar-refractivity contribution in [1.82, 2.24) is 9.88 Å². The van der Waals surface area contributed by atoms with E-state index in [4.69, 9.17) is 9.47 Å². The fourth-order valence-electron chi connectivity index (χ4n) is 3.48. The van der Waals surface area contributed by atoms with Gasteiger partial charge in [0.1, 0.15) is 23.9 Å². The van der Waals surface area contributed by atoms with Crippen molar-refractivity contribution in [3.63, 3.8) is 0 Å². The molecule has 1 heterocycles. The van der Waals surface area contributed by atoms with Gasteiger partial charge in [-0.15, -0.1) is 0 Å². The summed E-state index contributed by atoms with van der Waals surface area (Å²) in [4.78, 5) is 18.3. The summed E-state index contributed by atoms with van der Waals surface area (Å²) in [5.74, 6) is 0.376. The number of nitrogens with one attached hydrogen (secondary N) is 1. The number of benzene rings is 2. The third-order valence-corrected chi connectivity index (χ3v) is 4.79. The third kappa shape index (κ3) is 4.28. The fourth-order valence-corrected chi connectivity index (χ4v) is 3.48. The van der Waals surface area contributed by atoms with Crippen LogP contribution in [0.1, 0.15) is 26.7 Å². The van der Waals surface area contributed by atoms with Gasteiger partial charge in [0.25, 0.3) is 0 Å². The molecule has 5 nitrogen and oxygen atoms in total. The molecule has 1 N–H and O–H groups in total. The lowest BCUT2D eigenvalue weighted by Gasteiger charge is -2.20. The van der Waals surface area contributed by atoms with Crippen molar-refractivity contribution in [2.24, 2.45) is 0 Å². The zero-order chi connectivity index (χ0) is 20.1. The molecule has 0 unspecified atom stereocenters. The van der Waals surface area contributed by atoms with Gasteiger partial charge in [-0.3, -0.25) is 9.69 Å². The SMILES string of the molecule is CCCN(CCC)CCOc1ccc2[nH]c3cc(OC)cc(F)c3c(=O)c2c1. The maximum atomic E-state index is 14.4. The first kappa shape index (κ1) is 20.1. The minimum Gasteiger partial charge on any atom is -0.497 e. The molecule has 0 aliphatic rings. The second-order valence-electron chi connectivity index (χ2n) is 6.88. The molecule has 28 heavy (non-hydrogen) atoms. The second kappa shape index (κ2) is 9.06. The van der Waals surface area contributed by atoms with Crippen molar-refractivity contribution in [3.05, 3.63) is 46.4 Å². The number of rotatable bonds is 9. The number of ether oxygens (including phenoxy) is 2. The third-order valence-electron chi connectivity index (χ3n) is 4.79. The molecule has 1 aromatic heterocycles. The van der Waals surface area contributed by atoms with Crippen LogP contribution in [0.25, 0.3) is 21.8 Å². The van der Waals surface area contributed by atoms with Gasteiger partial charge < -0.3 is 14.5 Å². The van der Waals surface area contributed by atoms with Crippen LogP contribution < -0.4 is 14.9 Å². The van der Waals surface area contributed by atoms with E-state index >= 15 is 0 Å². The molecule has 150 valence electrons. The second-order valence-corrected chi connectivity index (χ2v) is 6.88. The lowest BCUT2D eigenvalue weighted by molar-refractivity contribution is 0.209. The molecule has 0 atom stereocenters. The highest BCUT2D eigenvalue weighted by molar-refractivity contribution is 5.93. The van der Waals surface area contributed by atoms with E-state index in [0.29, 0.717) is 34.5 Å². The minimum atomic E-state index is -0.599. The maximum absolute atomic E-state index is 14.4. The van der Waals surface area contributed by atoms with Gasteiger partial charge in [0.15, 0.2) is 5.43 Å². The molecule has 0 radical (unpaired) electrons. The molecule has 0 amide bonds. The van der Waals surface area contributed by atoms with Crippen LogP contribution in [-0.4, -0.2) is 43.2 Å². The van der Waals surface area contributed by atoms with Crippen molar-refractivity contribution in [3.8, 4) is 11.5 Å². The molecule has 0 fully saturated rings. The zero-order valence-corrected chi connectivity index (χ0v) is 16.7. The monoisotopic (exact) mass is 386 g/mol. The summed E-state index contributed by atoms with van der Waals surface area (Å²) >= 11 is 0. The van der Waals surface area contributed by atoms with Crippen LogP contribution in [0.15, 0.2) is 35.1 Å². The van der Waals surface area contributed by atoms with Gasteiger partial charge in [-0.1, -0.05) is 13.8 Å². The summed E-state index contributed by atoms with van der Waals surface area (Å²) in [5.41, 5.74) is 0.696. The van der Waals surface area contributed by atoms with Crippen molar-refractivity contribution in [1.29, 1.82) is 0 Å². The first-order valence-corrected chi connectivity index (χ1v) is 9.75. The molecule has 0 aliphatic carbocycles. The maximum Gasteiger partial charge on any atom is 0.200 e. The van der Waals surface area contributed by atoms with Crippen molar-refractivity contribution in [2.75, 3.05) is 33.4 Å². The number of fused-ring (bicyclic) bond motifs is 2. The first-order valence-electron chi connectivity index (χ1n) is 9.75. The molecular formula is C22H27FN2O3. The molecule has 0 saturated heterocycles. The Labute approximate surface area is 164 Å². The highest BCUT2D eigenvalue weighted by Crippen LogP contribution is 2.25. The Hall–Kier alpha value is -2.60. The summed E-state index contributed by atoms with van der Waals surface area (Å²) in [7, 11) is 1.46. The predicted octanol–water partition coefficient (Wildman–Crippen LogP) is 4.33. The van der Waals surface area contributed by atoms with Crippen molar-refractivity contribution >= 4 is 21.8 Å². The summed E-state index contributed by atoms with van der Waals surface area (Å²) in [5, 5.41) is 0.440. The topological polar surface area (TPSA) is 54.6 Å². The van der Waals surface area contributed by atoms with E-state index < -0.39 is 5.82 Å². The molecule has 3 aromatic rings. The minimum absolute atomic E-state index is 0.0301. The van der Waals surface area contributed by atoms with Gasteiger partial charge in [-0.25, -0.2) is 4.39 Å². The number of hydrogen-bond acceptors (Lipinski definition) is 4. The number of nitrogens with zero attached hydrogens (tertiary/aromatic N) is 1. The van der Waals surface area contributed by atoms with Crippen LogP contribution in [0.3, 0.4) is 0 Å². The molecule has 0 saturated carbocycles. The highest BCUT2D eigenvalue weighted by atomic mass is 19.1. The van der Waals surface area contributed by atoms with Crippen LogP contribution in [-0.2, 0) is 0 Å². The van der Waals surface area contributed by atoms with E-state index in [-0.39, 0.29) is 10.8 Å². The van der Waals surface area contributed by atoms with Crippen LogP contribution >= 0.6 is 0 Å². The zero-order valence-electron chi connectivity index (χ0n) is 16.7. The van der Waals surface area contributed by atoms with Gasteiger partial charge in [-0.05, 0) is 44.1 Å². The Kier molecular flexibility index (Phi) is 6.52. The van der Waals surface area contributed by atoms with Gasteiger partial charge in [0, 0.05) is 24.1 Å². The summed E-state index contributed by atoms with van der Waals surface area (Å²) in [6, 6.07) is 8.14. The molecule has 0 aliphatic heterocycles. The van der Waals surface area contributed by atoms with Crippen molar-refractivity contribution < 1.29 is 13.9 Å². The Bertz CT molecular complexity index is 1010. The predicted molar refractivity (Wildman–Crippen MR) is 111 cm³/mol. The fraction of sp³-hybridized carbons (Fsp3) is 0.409. The molecule has 3 rings (SSSR count). The Morgan fingerprint density at radius 2 is 1.75 bits per heavy atom. The Morgan fingerprint density at radius 3 is 2.43 bits per heavy atom. The van der Waals surface area contributed by atoms with E-state index in [1.165, 1.54) is 13.2 Å². The summed E-state index contributed by atoms with van der Waals surface area (Å²) in [6.45, 7) is 7.80. The lowest BCUT2D eigenvalue weighted by Crippen LogP contribution is -2.30. The Balaban J connectivity index is 1.87. The smallest absolute Gasteiger partial charge is 0.200 e. The van der Waals surface area contributed by atoms with Gasteiger partial charge >= 0.3 is 0 Å². The van der Waals surface area contributed by atoms with E-state index in [0.717, 1.165) is 32.5 Å².